The molecular weight excluding hydrogens is 316 g/mol. The highest BCUT2D eigenvalue weighted by Gasteiger charge is 2.43. The highest BCUT2D eigenvalue weighted by molar-refractivity contribution is 9.10. The molecule has 1 aromatic rings. The van der Waals surface area contributed by atoms with Gasteiger partial charge in [-0.15, -0.1) is 0 Å². The molecule has 2 heterocycles. The molecule has 2 bridgehead atoms. The first-order chi connectivity index (χ1) is 9.06. The second-order valence-corrected chi connectivity index (χ2v) is 6.32. The largest absolute Gasteiger partial charge is 0.375 e. The monoisotopic (exact) mass is 331 g/mol. The SMILES string of the molecule is NC(Cc1c(F)ccc(Br)c1F)C1CC2CCC1O2. The summed E-state index contributed by atoms with van der Waals surface area (Å²) in [5.74, 6) is -0.851. The summed E-state index contributed by atoms with van der Waals surface area (Å²) in [5, 5.41) is 0. The van der Waals surface area contributed by atoms with Gasteiger partial charge in [-0.2, -0.15) is 0 Å². The summed E-state index contributed by atoms with van der Waals surface area (Å²) in [6.45, 7) is 0. The van der Waals surface area contributed by atoms with Gasteiger partial charge in [0.2, 0.25) is 0 Å². The summed E-state index contributed by atoms with van der Waals surface area (Å²) in [6, 6.07) is 2.39. The van der Waals surface area contributed by atoms with E-state index in [9.17, 15) is 8.78 Å². The van der Waals surface area contributed by atoms with E-state index < -0.39 is 11.6 Å². The highest BCUT2D eigenvalue weighted by Crippen LogP contribution is 2.40. The normalized spacial score (nSPS) is 30.8. The lowest BCUT2D eigenvalue weighted by atomic mass is 9.82. The van der Waals surface area contributed by atoms with Gasteiger partial charge in [0.1, 0.15) is 11.6 Å². The third-order valence-electron chi connectivity index (χ3n) is 4.28. The molecule has 5 heteroatoms. The second kappa shape index (κ2) is 5.11. The minimum atomic E-state index is -0.542. The first kappa shape index (κ1) is 13.5. The quantitative estimate of drug-likeness (QED) is 0.863. The highest BCUT2D eigenvalue weighted by atomic mass is 79.9. The molecule has 0 aromatic heterocycles. The summed E-state index contributed by atoms with van der Waals surface area (Å²) in [4.78, 5) is 0. The van der Waals surface area contributed by atoms with Crippen LogP contribution in [0.5, 0.6) is 0 Å². The maximum absolute atomic E-state index is 13.9. The Morgan fingerprint density at radius 1 is 1.37 bits per heavy atom. The molecule has 0 aliphatic carbocycles. The average Bonchev–Trinajstić information content (AvgIpc) is 3.01. The number of nitrogens with two attached hydrogens (primary N) is 1. The molecule has 2 fully saturated rings. The summed E-state index contributed by atoms with van der Waals surface area (Å²) >= 11 is 3.08. The van der Waals surface area contributed by atoms with Gasteiger partial charge in [-0.05, 0) is 53.7 Å². The molecule has 19 heavy (non-hydrogen) atoms. The molecule has 0 spiro atoms. The predicted octanol–water partition coefficient (Wildman–Crippen LogP) is 3.16. The number of fused-ring (bicyclic) bond motifs is 2. The topological polar surface area (TPSA) is 35.2 Å². The molecule has 0 amide bonds. The van der Waals surface area contributed by atoms with Crippen molar-refractivity contribution in [3.05, 3.63) is 33.8 Å². The van der Waals surface area contributed by atoms with Gasteiger partial charge in [0.15, 0.2) is 0 Å². The van der Waals surface area contributed by atoms with Crippen LogP contribution in [0.3, 0.4) is 0 Å². The zero-order valence-corrected chi connectivity index (χ0v) is 12.0. The van der Waals surface area contributed by atoms with Crippen molar-refractivity contribution in [1.29, 1.82) is 0 Å². The molecule has 2 N–H and O–H groups in total. The van der Waals surface area contributed by atoms with Gasteiger partial charge < -0.3 is 10.5 Å². The average molecular weight is 332 g/mol. The Bertz CT molecular complexity index is 497. The molecule has 4 unspecified atom stereocenters. The van der Waals surface area contributed by atoms with E-state index in [4.69, 9.17) is 10.5 Å². The zero-order chi connectivity index (χ0) is 13.6. The van der Waals surface area contributed by atoms with Crippen molar-refractivity contribution in [3.63, 3.8) is 0 Å². The molecule has 4 atom stereocenters. The minimum Gasteiger partial charge on any atom is -0.375 e. The Kier molecular flexibility index (Phi) is 3.62. The smallest absolute Gasteiger partial charge is 0.143 e. The molecule has 0 saturated carbocycles. The van der Waals surface area contributed by atoms with Crippen LogP contribution < -0.4 is 5.73 Å². The lowest BCUT2D eigenvalue weighted by Crippen LogP contribution is -2.38. The molecular formula is C14H16BrF2NO. The fraction of sp³-hybridized carbons (Fsp3) is 0.571. The van der Waals surface area contributed by atoms with E-state index in [1.807, 2.05) is 0 Å². The Balaban J connectivity index is 1.76. The molecule has 1 aromatic carbocycles. The molecule has 0 radical (unpaired) electrons. The van der Waals surface area contributed by atoms with Crippen LogP contribution in [-0.2, 0) is 11.2 Å². The standard InChI is InChI=1S/C14H16BrF2NO/c15-10-2-3-11(16)8(14(10)17)6-12(18)9-5-7-1-4-13(9)19-7/h2-3,7,9,12-13H,1,4-6,18H2. The fourth-order valence-corrected chi connectivity index (χ4v) is 3.64. The fourth-order valence-electron chi connectivity index (χ4n) is 3.27. The Morgan fingerprint density at radius 3 is 2.79 bits per heavy atom. The van der Waals surface area contributed by atoms with Crippen LogP contribution in [0.2, 0.25) is 0 Å². The summed E-state index contributed by atoms with van der Waals surface area (Å²) < 4.78 is 33.7. The number of halogens is 3. The third kappa shape index (κ3) is 2.43. The van der Waals surface area contributed by atoms with E-state index >= 15 is 0 Å². The third-order valence-corrected chi connectivity index (χ3v) is 4.89. The maximum Gasteiger partial charge on any atom is 0.143 e. The molecule has 104 valence electrons. The molecule has 2 aliphatic heterocycles. The Hall–Kier alpha value is -0.520. The van der Waals surface area contributed by atoms with Crippen LogP contribution in [0.25, 0.3) is 0 Å². The summed E-state index contributed by atoms with van der Waals surface area (Å²) in [6.07, 6.45) is 3.73. The summed E-state index contributed by atoms with van der Waals surface area (Å²) in [5.41, 5.74) is 6.23. The van der Waals surface area contributed by atoms with Crippen molar-refractivity contribution in [3.8, 4) is 0 Å². The van der Waals surface area contributed by atoms with Gasteiger partial charge in [0.25, 0.3) is 0 Å². The van der Waals surface area contributed by atoms with Crippen molar-refractivity contribution < 1.29 is 13.5 Å². The van der Waals surface area contributed by atoms with Gasteiger partial charge in [-0.3, -0.25) is 0 Å². The first-order valence-electron chi connectivity index (χ1n) is 6.59. The van der Waals surface area contributed by atoms with Gasteiger partial charge in [-0.1, -0.05) is 0 Å². The van der Waals surface area contributed by atoms with Crippen LogP contribution in [0.4, 0.5) is 8.78 Å². The van der Waals surface area contributed by atoms with E-state index in [0.717, 1.165) is 19.3 Å². The number of rotatable bonds is 3. The van der Waals surface area contributed by atoms with Crippen molar-refractivity contribution in [2.45, 2.75) is 43.9 Å². The molecule has 2 saturated heterocycles. The van der Waals surface area contributed by atoms with E-state index in [-0.39, 0.29) is 34.5 Å². The lowest BCUT2D eigenvalue weighted by Gasteiger charge is -2.25. The second-order valence-electron chi connectivity index (χ2n) is 5.46. The van der Waals surface area contributed by atoms with Crippen molar-refractivity contribution in [2.24, 2.45) is 11.7 Å². The maximum atomic E-state index is 13.9. The van der Waals surface area contributed by atoms with E-state index in [2.05, 4.69) is 15.9 Å². The predicted molar refractivity (Wildman–Crippen MR) is 71.7 cm³/mol. The van der Waals surface area contributed by atoms with Gasteiger partial charge in [0, 0.05) is 17.5 Å². The number of hydrogen-bond acceptors (Lipinski definition) is 2. The van der Waals surface area contributed by atoms with Crippen LogP contribution in [0.15, 0.2) is 16.6 Å². The van der Waals surface area contributed by atoms with E-state index in [1.165, 1.54) is 12.1 Å². The van der Waals surface area contributed by atoms with Crippen molar-refractivity contribution >= 4 is 15.9 Å². The first-order valence-corrected chi connectivity index (χ1v) is 7.39. The van der Waals surface area contributed by atoms with Gasteiger partial charge in [0.05, 0.1) is 16.7 Å². The van der Waals surface area contributed by atoms with Crippen molar-refractivity contribution in [1.82, 2.24) is 0 Å². The molecule has 2 nitrogen and oxygen atoms in total. The van der Waals surface area contributed by atoms with E-state index in [0.29, 0.717) is 6.10 Å². The van der Waals surface area contributed by atoms with Gasteiger partial charge >= 0.3 is 0 Å². The molecule has 3 rings (SSSR count). The number of ether oxygens (including phenoxy) is 1. The van der Waals surface area contributed by atoms with Crippen LogP contribution >= 0.6 is 15.9 Å². The summed E-state index contributed by atoms with van der Waals surface area (Å²) in [7, 11) is 0. The number of benzene rings is 1. The minimum absolute atomic E-state index is 0.0737. The zero-order valence-electron chi connectivity index (χ0n) is 10.4. The lowest BCUT2D eigenvalue weighted by molar-refractivity contribution is 0.0884. The Morgan fingerprint density at radius 2 is 2.16 bits per heavy atom. The van der Waals surface area contributed by atoms with Crippen molar-refractivity contribution in [2.75, 3.05) is 0 Å². The van der Waals surface area contributed by atoms with Crippen LogP contribution in [0, 0.1) is 17.6 Å². The van der Waals surface area contributed by atoms with Gasteiger partial charge in [-0.25, -0.2) is 8.78 Å². The van der Waals surface area contributed by atoms with Crippen LogP contribution in [-0.4, -0.2) is 18.2 Å². The number of hydrogen-bond donors (Lipinski definition) is 1. The Labute approximate surface area is 119 Å². The van der Waals surface area contributed by atoms with Crippen LogP contribution in [0.1, 0.15) is 24.8 Å². The van der Waals surface area contributed by atoms with E-state index in [1.54, 1.807) is 0 Å². The molecule has 2 aliphatic rings.